The maximum atomic E-state index is 9.11. The molecule has 0 aliphatic heterocycles. The number of thiol groups is 1. The Morgan fingerprint density at radius 3 is 2.54 bits per heavy atom. The van der Waals surface area contributed by atoms with Crippen LogP contribution >= 0.6 is 0 Å². The number of rotatable bonds is 3. The zero-order valence-corrected chi connectivity index (χ0v) is 17.0. The first kappa shape index (κ1) is 21.8. The van der Waals surface area contributed by atoms with Crippen LogP contribution in [0.25, 0.3) is 16.6 Å². The van der Waals surface area contributed by atoms with E-state index in [0.29, 0.717) is 5.69 Å². The molecule has 0 bridgehead atoms. The van der Waals surface area contributed by atoms with Gasteiger partial charge in [-0.1, -0.05) is 12.1 Å². The molecule has 1 aromatic heterocycles. The SMILES string of the molecule is CC(=O)[OH2+].NC(=[SH+])[N-]N=Cc1cc(-c2cccc(N)c2)ccn1.[Zn+2]. The number of nitrogen functional groups attached to an aromatic ring is 1. The van der Waals surface area contributed by atoms with E-state index in [-0.39, 0.29) is 24.6 Å². The monoisotopic (exact) mass is 396 g/mol. The summed E-state index contributed by atoms with van der Waals surface area (Å²) in [5, 5.41) is 9.81. The van der Waals surface area contributed by atoms with Gasteiger partial charge in [0.15, 0.2) is 17.3 Å². The molecule has 120 valence electrons. The van der Waals surface area contributed by atoms with Crippen molar-refractivity contribution in [1.82, 2.24) is 4.98 Å². The Balaban J connectivity index is 0.000000954. The first-order chi connectivity index (χ1) is 10.9. The third-order valence-corrected chi connectivity index (χ3v) is 2.44. The van der Waals surface area contributed by atoms with Gasteiger partial charge in [-0.2, -0.15) is 0 Å². The zero-order chi connectivity index (χ0) is 17.2. The second-order valence-electron chi connectivity index (χ2n) is 4.35. The fourth-order valence-electron chi connectivity index (χ4n) is 1.56. The number of nitrogens with two attached hydrogens (primary N) is 2. The summed E-state index contributed by atoms with van der Waals surface area (Å²) in [6, 6.07) is 11.4. The molecule has 9 heteroatoms. The van der Waals surface area contributed by atoms with Crippen LogP contribution in [0.2, 0.25) is 0 Å². The molecule has 0 atom stereocenters. The number of benzene rings is 1. The van der Waals surface area contributed by atoms with Gasteiger partial charge in [-0.05, 0) is 35.4 Å². The fraction of sp³-hybridized carbons (Fsp3) is 0.0667. The van der Waals surface area contributed by atoms with Crippen LogP contribution in [0.1, 0.15) is 12.6 Å². The molecule has 6 N–H and O–H groups in total. The van der Waals surface area contributed by atoms with E-state index in [1.807, 2.05) is 36.4 Å². The van der Waals surface area contributed by atoms with Gasteiger partial charge in [0.1, 0.15) is 0 Å². The minimum atomic E-state index is -0.583. The molecule has 0 radical (unpaired) electrons. The largest absolute Gasteiger partial charge is 2.00 e. The molecule has 2 rings (SSSR count). The fourth-order valence-corrected chi connectivity index (χ4v) is 1.62. The molecular formula is C15H18N5O2SZn+3. The van der Waals surface area contributed by atoms with Crippen molar-refractivity contribution < 1.29 is 29.4 Å². The number of hydrogen-bond donors (Lipinski definition) is 2. The van der Waals surface area contributed by atoms with Crippen LogP contribution in [0.3, 0.4) is 0 Å². The van der Waals surface area contributed by atoms with Crippen molar-refractivity contribution in [2.45, 2.75) is 6.92 Å². The van der Waals surface area contributed by atoms with Crippen molar-refractivity contribution in [1.29, 1.82) is 0 Å². The van der Waals surface area contributed by atoms with Crippen LogP contribution < -0.4 is 11.5 Å². The Morgan fingerprint density at radius 1 is 1.33 bits per heavy atom. The third kappa shape index (κ3) is 9.04. The molecule has 7 nitrogen and oxygen atoms in total. The molecule has 1 aromatic carbocycles. The second-order valence-corrected chi connectivity index (χ2v) is 4.81. The summed E-state index contributed by atoms with van der Waals surface area (Å²) in [7, 11) is 0. The van der Waals surface area contributed by atoms with Gasteiger partial charge in [0.25, 0.3) is 0 Å². The Labute approximate surface area is 157 Å². The van der Waals surface area contributed by atoms with Crippen LogP contribution in [-0.2, 0) is 36.5 Å². The minimum absolute atomic E-state index is 0. The standard InChI is InChI=1S/C13H13N5S.C2H4O2.Zn/c14-11-3-1-2-9(6-11)10-4-5-16-12(7-10)8-17-18-13(15)19;1-2(3)4;/h1-8H,14H2,(H3,15,16,18,19);1H3,(H,3,4);/q;;+2/p+1. The van der Waals surface area contributed by atoms with E-state index in [2.05, 4.69) is 27.7 Å². The van der Waals surface area contributed by atoms with E-state index in [4.69, 9.17) is 21.4 Å². The van der Waals surface area contributed by atoms with Gasteiger partial charge in [0.05, 0.1) is 12.6 Å². The predicted molar refractivity (Wildman–Crippen MR) is 97.3 cm³/mol. The van der Waals surface area contributed by atoms with Crippen molar-refractivity contribution in [2.24, 2.45) is 10.8 Å². The number of hydrogen-bond acceptors (Lipinski definition) is 4. The van der Waals surface area contributed by atoms with E-state index in [1.54, 1.807) is 6.20 Å². The average molecular weight is 398 g/mol. The number of carbonyl (C=O) groups excluding carboxylic acids is 1. The number of nitrogens with zero attached hydrogens (tertiary/aromatic N) is 3. The predicted octanol–water partition coefficient (Wildman–Crippen LogP) is 0.619. The molecule has 0 aliphatic carbocycles. The Kier molecular flexibility index (Phi) is 10.3. The molecule has 1 heterocycles. The molecule has 24 heavy (non-hydrogen) atoms. The molecule has 0 unspecified atom stereocenters. The molecule has 0 spiro atoms. The molecular weight excluding hydrogens is 380 g/mol. The van der Waals surface area contributed by atoms with E-state index in [1.165, 1.54) is 13.1 Å². The molecule has 0 saturated carbocycles. The van der Waals surface area contributed by atoms with Crippen molar-refractivity contribution >= 4 is 35.2 Å². The Hall–Kier alpha value is -2.22. The summed E-state index contributed by atoms with van der Waals surface area (Å²) in [6.45, 7) is 1.19. The zero-order valence-electron chi connectivity index (χ0n) is 13.2. The van der Waals surface area contributed by atoms with Gasteiger partial charge in [-0.3, -0.25) is 10.7 Å². The molecule has 0 saturated heterocycles. The Bertz CT molecular complexity index is 721. The van der Waals surface area contributed by atoms with Crippen LogP contribution in [-0.4, -0.2) is 27.4 Å². The van der Waals surface area contributed by atoms with Gasteiger partial charge >= 0.3 is 25.4 Å². The van der Waals surface area contributed by atoms with Crippen LogP contribution in [0.5, 0.6) is 0 Å². The smallest absolute Gasteiger partial charge is 0.565 e. The van der Waals surface area contributed by atoms with Crippen molar-refractivity contribution in [3.8, 4) is 11.1 Å². The summed E-state index contributed by atoms with van der Waals surface area (Å²) >= 11 is 3.81. The average Bonchev–Trinajstić information content (AvgIpc) is 2.46. The van der Waals surface area contributed by atoms with Crippen molar-refractivity contribution in [3.05, 3.63) is 53.7 Å². The number of aromatic nitrogens is 1. The van der Waals surface area contributed by atoms with E-state index < -0.39 is 5.97 Å². The summed E-state index contributed by atoms with van der Waals surface area (Å²) in [4.78, 5) is 13.3. The van der Waals surface area contributed by atoms with Crippen LogP contribution in [0.4, 0.5) is 5.69 Å². The second kappa shape index (κ2) is 11.3. The maximum absolute atomic E-state index is 9.11. The number of carbonyl (C=O) groups is 1. The van der Waals surface area contributed by atoms with Crippen molar-refractivity contribution in [3.63, 3.8) is 0 Å². The molecule has 0 aliphatic rings. The molecule has 2 aromatic rings. The first-order valence-electron chi connectivity index (χ1n) is 6.48. The van der Waals surface area contributed by atoms with E-state index in [9.17, 15) is 0 Å². The summed E-state index contributed by atoms with van der Waals surface area (Å²) in [5.74, 6) is -0.583. The quantitative estimate of drug-likeness (QED) is 0.149. The van der Waals surface area contributed by atoms with Gasteiger partial charge in [-0.25, -0.2) is 0 Å². The van der Waals surface area contributed by atoms with Gasteiger partial charge in [0, 0.05) is 22.9 Å². The number of anilines is 1. The summed E-state index contributed by atoms with van der Waals surface area (Å²) < 4.78 is 0. The van der Waals surface area contributed by atoms with Crippen molar-refractivity contribution in [2.75, 3.05) is 5.73 Å². The minimum Gasteiger partial charge on any atom is -0.565 e. The molecule has 0 fully saturated rings. The third-order valence-electron chi connectivity index (χ3n) is 2.35. The van der Waals surface area contributed by atoms with Gasteiger partial charge in [-0.15, -0.1) is 0 Å². The van der Waals surface area contributed by atoms with E-state index in [0.717, 1.165) is 16.8 Å². The Morgan fingerprint density at radius 2 is 1.96 bits per heavy atom. The normalized spacial score (nSPS) is 9.42. The van der Waals surface area contributed by atoms with Gasteiger partial charge < -0.3 is 21.4 Å². The number of pyridine rings is 1. The summed E-state index contributed by atoms with van der Waals surface area (Å²) in [6.07, 6.45) is 3.21. The summed E-state index contributed by atoms with van der Waals surface area (Å²) in [5.41, 5.74) is 18.1. The maximum Gasteiger partial charge on any atom is 2.00 e. The van der Waals surface area contributed by atoms with Gasteiger partial charge in [0.2, 0.25) is 0 Å². The van der Waals surface area contributed by atoms with Crippen LogP contribution in [0, 0.1) is 0 Å². The molecule has 0 amide bonds. The van der Waals surface area contributed by atoms with Crippen LogP contribution in [0.15, 0.2) is 47.7 Å². The topological polar surface area (TPSA) is 131 Å². The first-order valence-corrected chi connectivity index (χ1v) is 6.93. The van der Waals surface area contributed by atoms with E-state index >= 15 is 0 Å².